The van der Waals surface area contributed by atoms with E-state index in [9.17, 15) is 9.59 Å². The monoisotopic (exact) mass is 694 g/mol. The summed E-state index contributed by atoms with van der Waals surface area (Å²) in [5.41, 5.74) is 6.06. The van der Waals surface area contributed by atoms with E-state index in [2.05, 4.69) is 0 Å². The second-order valence-electron chi connectivity index (χ2n) is 7.47. The molecule has 4 aromatic heterocycles. The molecule has 0 aliphatic carbocycles. The van der Waals surface area contributed by atoms with E-state index in [1.165, 1.54) is 22.7 Å². The van der Waals surface area contributed by atoms with Crippen molar-refractivity contribution in [3.63, 3.8) is 0 Å². The zero-order valence-electron chi connectivity index (χ0n) is 19.9. The summed E-state index contributed by atoms with van der Waals surface area (Å²) in [6, 6.07) is 7.48. The first-order valence-electron chi connectivity index (χ1n) is 10.7. The summed E-state index contributed by atoms with van der Waals surface area (Å²) < 4.78 is 3.91. The van der Waals surface area contributed by atoms with Gasteiger partial charge in [0.2, 0.25) is 35.7 Å². The summed E-state index contributed by atoms with van der Waals surface area (Å²) in [7, 11) is 0. The Hall–Kier alpha value is -1.12. The largest absolute Gasteiger partial charge is 1.00 e. The summed E-state index contributed by atoms with van der Waals surface area (Å²) in [4.78, 5) is 27.8. The van der Waals surface area contributed by atoms with Crippen molar-refractivity contribution >= 4 is 56.9 Å². The number of hydrogen-bond donors (Lipinski definition) is 2. The fraction of sp³-hybridized carbons (Fsp3) is 0.333. The SMILES string of the molecule is Cc1c(CCO)sc[n+]1CC(=O)c1cccs1.Cc1c(CCO)sc[n+]1CC(=O)c1cccs1.[Br-].[Br-]. The number of carbonyl (C=O) groups excluding carboxylic acids is 2. The lowest BCUT2D eigenvalue weighted by atomic mass is 10.3. The number of ketones is 2. The molecule has 0 unspecified atom stereocenters. The highest BCUT2D eigenvalue weighted by Gasteiger charge is 2.20. The van der Waals surface area contributed by atoms with Gasteiger partial charge in [0.15, 0.2) is 11.4 Å². The quantitative estimate of drug-likeness (QED) is 0.144. The number of Topliss-reactive ketones (excluding diaryl/α,β-unsaturated/α-hetero) is 2. The van der Waals surface area contributed by atoms with Gasteiger partial charge < -0.3 is 44.2 Å². The predicted octanol–water partition coefficient (Wildman–Crippen LogP) is -2.35. The minimum atomic E-state index is 0. The summed E-state index contributed by atoms with van der Waals surface area (Å²) in [5.74, 6) is 0.280. The number of aliphatic hydroxyl groups excluding tert-OH is 2. The maximum Gasteiger partial charge on any atom is 0.237 e. The second kappa shape index (κ2) is 16.7. The van der Waals surface area contributed by atoms with Gasteiger partial charge in [-0.1, -0.05) is 34.8 Å². The predicted molar refractivity (Wildman–Crippen MR) is 137 cm³/mol. The first kappa shape index (κ1) is 32.9. The number of aromatic nitrogens is 2. The first-order chi connectivity index (χ1) is 16.4. The number of thiophene rings is 2. The van der Waals surface area contributed by atoms with E-state index in [0.717, 1.165) is 30.9 Å². The molecule has 2 N–H and O–H groups in total. The van der Waals surface area contributed by atoms with Crippen LogP contribution in [0.2, 0.25) is 0 Å². The van der Waals surface area contributed by atoms with Gasteiger partial charge in [-0.15, -0.1) is 22.7 Å². The maximum atomic E-state index is 11.9. The topological polar surface area (TPSA) is 82.4 Å². The van der Waals surface area contributed by atoms with Crippen molar-refractivity contribution in [2.45, 2.75) is 39.8 Å². The van der Waals surface area contributed by atoms with Crippen LogP contribution in [-0.4, -0.2) is 35.0 Å². The molecular formula is C24H28Br2N2O4S4. The Balaban J connectivity index is 0.000000341. The normalized spacial score (nSPS) is 10.1. The van der Waals surface area contributed by atoms with E-state index in [4.69, 9.17) is 10.2 Å². The van der Waals surface area contributed by atoms with E-state index >= 15 is 0 Å². The summed E-state index contributed by atoms with van der Waals surface area (Å²) in [5, 5.41) is 21.7. The van der Waals surface area contributed by atoms with Crippen molar-refractivity contribution in [1.29, 1.82) is 0 Å². The third kappa shape index (κ3) is 9.02. The average molecular weight is 697 g/mol. The van der Waals surface area contributed by atoms with Crippen molar-refractivity contribution in [1.82, 2.24) is 0 Å². The van der Waals surface area contributed by atoms with Crippen LogP contribution in [-0.2, 0) is 25.9 Å². The van der Waals surface area contributed by atoms with Crippen molar-refractivity contribution in [3.05, 3.63) is 76.9 Å². The highest BCUT2D eigenvalue weighted by atomic mass is 79.9. The van der Waals surface area contributed by atoms with Crippen molar-refractivity contribution in [2.24, 2.45) is 0 Å². The minimum absolute atomic E-state index is 0. The van der Waals surface area contributed by atoms with Crippen LogP contribution in [0.15, 0.2) is 46.0 Å². The highest BCUT2D eigenvalue weighted by Crippen LogP contribution is 2.14. The molecule has 36 heavy (non-hydrogen) atoms. The van der Waals surface area contributed by atoms with Crippen LogP contribution >= 0.6 is 45.3 Å². The summed E-state index contributed by atoms with van der Waals surface area (Å²) in [6.45, 7) is 5.05. The zero-order valence-corrected chi connectivity index (χ0v) is 26.3. The Morgan fingerprint density at radius 3 is 1.42 bits per heavy atom. The fourth-order valence-electron chi connectivity index (χ4n) is 3.24. The van der Waals surface area contributed by atoms with Crippen molar-refractivity contribution in [2.75, 3.05) is 13.2 Å². The van der Waals surface area contributed by atoms with Gasteiger partial charge in [-0.2, -0.15) is 9.13 Å². The molecule has 4 rings (SSSR count). The number of thiazole rings is 2. The Kier molecular flexibility index (Phi) is 15.2. The number of carbonyl (C=O) groups is 2. The molecule has 4 heterocycles. The van der Waals surface area contributed by atoms with Gasteiger partial charge in [0.1, 0.15) is 0 Å². The molecule has 0 saturated heterocycles. The molecule has 0 spiro atoms. The molecular weight excluding hydrogens is 668 g/mol. The number of rotatable bonds is 10. The molecule has 0 amide bonds. The molecule has 0 saturated carbocycles. The van der Waals surface area contributed by atoms with E-state index in [1.54, 1.807) is 22.7 Å². The molecule has 0 radical (unpaired) electrons. The van der Waals surface area contributed by atoms with Gasteiger partial charge in [-0.3, -0.25) is 9.59 Å². The minimum Gasteiger partial charge on any atom is -1.00 e. The molecule has 0 aromatic carbocycles. The van der Waals surface area contributed by atoms with Crippen LogP contribution in [0.1, 0.15) is 40.5 Å². The Morgan fingerprint density at radius 1 is 0.722 bits per heavy atom. The van der Waals surface area contributed by atoms with E-state index in [0.29, 0.717) is 25.9 Å². The van der Waals surface area contributed by atoms with Crippen molar-refractivity contribution < 1.29 is 62.9 Å². The summed E-state index contributed by atoms with van der Waals surface area (Å²) in [6.07, 6.45) is 1.33. The van der Waals surface area contributed by atoms with E-state index < -0.39 is 0 Å². The maximum absolute atomic E-state index is 11.9. The second-order valence-corrected chi connectivity index (χ2v) is 11.2. The lowest BCUT2D eigenvalue weighted by molar-refractivity contribution is -0.684. The molecule has 12 heteroatoms. The smallest absolute Gasteiger partial charge is 0.237 e. The Bertz CT molecular complexity index is 1110. The van der Waals surface area contributed by atoms with E-state index in [1.807, 2.05) is 69.0 Å². The number of aliphatic hydroxyl groups is 2. The van der Waals surface area contributed by atoms with Gasteiger partial charge in [0.25, 0.3) is 0 Å². The molecule has 196 valence electrons. The van der Waals surface area contributed by atoms with Crippen LogP contribution in [0.5, 0.6) is 0 Å². The van der Waals surface area contributed by atoms with Crippen molar-refractivity contribution in [3.8, 4) is 0 Å². The lowest BCUT2D eigenvalue weighted by Gasteiger charge is -1.95. The Morgan fingerprint density at radius 2 is 1.11 bits per heavy atom. The Labute approximate surface area is 248 Å². The zero-order chi connectivity index (χ0) is 24.5. The van der Waals surface area contributed by atoms with Crippen LogP contribution in [0.25, 0.3) is 0 Å². The van der Waals surface area contributed by atoms with E-state index in [-0.39, 0.29) is 58.7 Å². The van der Waals surface area contributed by atoms with Gasteiger partial charge >= 0.3 is 0 Å². The third-order valence-electron chi connectivity index (χ3n) is 5.21. The van der Waals surface area contributed by atoms with Crippen LogP contribution in [0.3, 0.4) is 0 Å². The molecule has 0 aliphatic heterocycles. The first-order valence-corrected chi connectivity index (χ1v) is 14.2. The highest BCUT2D eigenvalue weighted by molar-refractivity contribution is 7.12. The van der Waals surface area contributed by atoms with Crippen LogP contribution < -0.4 is 43.1 Å². The molecule has 0 bridgehead atoms. The van der Waals surface area contributed by atoms with Crippen LogP contribution in [0.4, 0.5) is 0 Å². The lowest BCUT2D eigenvalue weighted by Crippen LogP contribution is -3.00. The molecule has 0 atom stereocenters. The fourth-order valence-corrected chi connectivity index (χ4v) is 6.52. The molecule has 4 aromatic rings. The third-order valence-corrected chi connectivity index (χ3v) is 9.32. The van der Waals surface area contributed by atoms with Gasteiger partial charge in [-0.05, 0) is 22.9 Å². The van der Waals surface area contributed by atoms with Gasteiger partial charge in [0.05, 0.1) is 19.5 Å². The summed E-state index contributed by atoms with van der Waals surface area (Å²) >= 11 is 6.14. The molecule has 0 aliphatic rings. The van der Waals surface area contributed by atoms with Gasteiger partial charge in [-0.25, -0.2) is 0 Å². The number of hydrogen-bond acceptors (Lipinski definition) is 8. The molecule has 0 fully saturated rings. The number of nitrogens with zero attached hydrogens (tertiary/aromatic N) is 2. The van der Waals surface area contributed by atoms with Crippen LogP contribution in [0, 0.1) is 13.8 Å². The molecule has 6 nitrogen and oxygen atoms in total. The standard InChI is InChI=1S/2C12H14NO2S2.2BrH/c2*1-9-11(4-5-14)17-8-13(9)7-10(15)12-3-2-6-16-12;;/h2*2-3,6,8,14H,4-5,7H2,1H3;2*1H/q2*+1;;/p-2. The number of halogens is 2. The van der Waals surface area contributed by atoms with Gasteiger partial charge in [0, 0.05) is 39.9 Å². The average Bonchev–Trinajstić information content (AvgIpc) is 3.63.